The molecule has 5 nitrogen and oxygen atoms in total. The van der Waals surface area contributed by atoms with Crippen LogP contribution in [0, 0.1) is 5.92 Å². The minimum absolute atomic E-state index is 0.633. The van der Waals surface area contributed by atoms with Gasteiger partial charge in [0.1, 0.15) is 0 Å². The number of hydrogen-bond acceptors (Lipinski definition) is 5. The molecule has 23 heavy (non-hydrogen) atoms. The maximum absolute atomic E-state index is 4.62. The first-order chi connectivity index (χ1) is 11.3. The van der Waals surface area contributed by atoms with Crippen LogP contribution in [-0.2, 0) is 6.42 Å². The highest BCUT2D eigenvalue weighted by Gasteiger charge is 2.18. The van der Waals surface area contributed by atoms with E-state index in [1.165, 1.54) is 18.4 Å². The van der Waals surface area contributed by atoms with Gasteiger partial charge in [-0.25, -0.2) is 0 Å². The molecule has 0 bridgehead atoms. The Morgan fingerprint density at radius 2 is 2.13 bits per heavy atom. The van der Waals surface area contributed by atoms with Gasteiger partial charge in [0.15, 0.2) is 5.82 Å². The highest BCUT2D eigenvalue weighted by molar-refractivity contribution is 5.40. The molecule has 122 valence electrons. The molecule has 1 aliphatic heterocycles. The molecule has 3 rings (SSSR count). The van der Waals surface area contributed by atoms with Crippen LogP contribution in [0.4, 0.5) is 11.8 Å². The maximum atomic E-state index is 4.62. The Hall–Kier alpha value is -2.17. The number of piperidine rings is 1. The molecule has 2 heterocycles. The van der Waals surface area contributed by atoms with E-state index >= 15 is 0 Å². The van der Waals surface area contributed by atoms with Gasteiger partial charge in [-0.05, 0) is 37.2 Å². The summed E-state index contributed by atoms with van der Waals surface area (Å²) in [6.07, 6.45) is 6.42. The van der Waals surface area contributed by atoms with Crippen LogP contribution in [0.3, 0.4) is 0 Å². The van der Waals surface area contributed by atoms with Crippen LogP contribution in [0.1, 0.15) is 31.7 Å². The standard InChI is InChI=1S/C18H25N5/c1-15-7-6-12-23(14-15)17-13-20-22-18(21-17)19-11-5-10-16-8-3-2-4-9-16/h2-4,8-9,13,15H,5-7,10-12,14H2,1H3,(H,19,21,22). The molecule has 0 saturated carbocycles. The van der Waals surface area contributed by atoms with Gasteiger partial charge >= 0.3 is 0 Å². The van der Waals surface area contributed by atoms with Crippen molar-refractivity contribution < 1.29 is 0 Å². The van der Waals surface area contributed by atoms with E-state index in [0.29, 0.717) is 5.95 Å². The van der Waals surface area contributed by atoms with Crippen LogP contribution in [-0.4, -0.2) is 34.8 Å². The van der Waals surface area contributed by atoms with E-state index in [1.54, 1.807) is 6.20 Å². The van der Waals surface area contributed by atoms with E-state index in [1.807, 2.05) is 6.07 Å². The van der Waals surface area contributed by atoms with Crippen LogP contribution in [0.25, 0.3) is 0 Å². The van der Waals surface area contributed by atoms with Crippen molar-refractivity contribution in [3.63, 3.8) is 0 Å². The Kier molecular flexibility index (Phi) is 5.40. The van der Waals surface area contributed by atoms with E-state index in [2.05, 4.69) is 56.6 Å². The van der Waals surface area contributed by atoms with E-state index < -0.39 is 0 Å². The average molecular weight is 311 g/mol. The SMILES string of the molecule is CC1CCCN(c2cnnc(NCCCc3ccccc3)n2)C1. The summed E-state index contributed by atoms with van der Waals surface area (Å²) in [6, 6.07) is 10.5. The molecule has 1 N–H and O–H groups in total. The number of nitrogens with one attached hydrogen (secondary N) is 1. The summed E-state index contributed by atoms with van der Waals surface area (Å²) < 4.78 is 0. The molecule has 1 aliphatic rings. The lowest BCUT2D eigenvalue weighted by Crippen LogP contribution is -2.35. The first-order valence-corrected chi connectivity index (χ1v) is 8.54. The number of nitrogens with zero attached hydrogens (tertiary/aromatic N) is 4. The Morgan fingerprint density at radius 1 is 1.26 bits per heavy atom. The maximum Gasteiger partial charge on any atom is 0.244 e. The van der Waals surface area contributed by atoms with Crippen LogP contribution < -0.4 is 10.2 Å². The van der Waals surface area contributed by atoms with Crippen molar-refractivity contribution in [3.05, 3.63) is 42.1 Å². The minimum atomic E-state index is 0.633. The third-order valence-corrected chi connectivity index (χ3v) is 4.30. The number of hydrogen-bond donors (Lipinski definition) is 1. The summed E-state index contributed by atoms with van der Waals surface area (Å²) in [4.78, 5) is 6.93. The predicted octanol–water partition coefficient (Wildman–Crippen LogP) is 3.15. The Labute approximate surface area is 138 Å². The van der Waals surface area contributed by atoms with Gasteiger partial charge in [0.2, 0.25) is 5.95 Å². The molecule has 1 saturated heterocycles. The second-order valence-electron chi connectivity index (χ2n) is 6.35. The zero-order valence-corrected chi connectivity index (χ0v) is 13.8. The van der Waals surface area contributed by atoms with Crippen molar-refractivity contribution in [2.24, 2.45) is 5.92 Å². The molecule has 5 heteroatoms. The molecular formula is C18H25N5. The zero-order valence-electron chi connectivity index (χ0n) is 13.8. The van der Waals surface area contributed by atoms with Gasteiger partial charge in [-0.1, -0.05) is 37.3 Å². The summed E-state index contributed by atoms with van der Waals surface area (Å²) >= 11 is 0. The summed E-state index contributed by atoms with van der Waals surface area (Å²) in [5, 5.41) is 11.5. The number of anilines is 2. The summed E-state index contributed by atoms with van der Waals surface area (Å²) in [7, 11) is 0. The predicted molar refractivity (Wildman–Crippen MR) is 93.7 cm³/mol. The van der Waals surface area contributed by atoms with Gasteiger partial charge in [0, 0.05) is 19.6 Å². The van der Waals surface area contributed by atoms with Gasteiger partial charge in [0.05, 0.1) is 6.20 Å². The van der Waals surface area contributed by atoms with Crippen LogP contribution in [0.15, 0.2) is 36.5 Å². The summed E-state index contributed by atoms with van der Waals surface area (Å²) in [5.41, 5.74) is 1.37. The topological polar surface area (TPSA) is 53.9 Å². The average Bonchev–Trinajstić information content (AvgIpc) is 2.60. The van der Waals surface area contributed by atoms with Gasteiger partial charge < -0.3 is 10.2 Å². The highest BCUT2D eigenvalue weighted by Crippen LogP contribution is 2.20. The Bertz CT molecular complexity index is 601. The second-order valence-corrected chi connectivity index (χ2v) is 6.35. The molecule has 1 unspecified atom stereocenters. The Balaban J connectivity index is 1.49. The summed E-state index contributed by atoms with van der Waals surface area (Å²) in [6.45, 7) is 5.28. The van der Waals surface area contributed by atoms with E-state index in [0.717, 1.165) is 44.2 Å². The van der Waals surface area contributed by atoms with E-state index in [9.17, 15) is 0 Å². The van der Waals surface area contributed by atoms with E-state index in [4.69, 9.17) is 0 Å². The smallest absolute Gasteiger partial charge is 0.244 e. The van der Waals surface area contributed by atoms with Gasteiger partial charge in [-0.2, -0.15) is 10.1 Å². The fourth-order valence-electron chi connectivity index (χ4n) is 3.06. The normalized spacial score (nSPS) is 18.0. The number of rotatable bonds is 6. The van der Waals surface area contributed by atoms with Crippen LogP contribution >= 0.6 is 0 Å². The molecule has 1 fully saturated rings. The molecule has 1 aromatic carbocycles. The van der Waals surface area contributed by atoms with Gasteiger partial charge in [-0.15, -0.1) is 5.10 Å². The third-order valence-electron chi connectivity index (χ3n) is 4.30. The van der Waals surface area contributed by atoms with Gasteiger partial charge in [0.25, 0.3) is 0 Å². The van der Waals surface area contributed by atoms with Crippen molar-refractivity contribution in [2.75, 3.05) is 29.9 Å². The van der Waals surface area contributed by atoms with E-state index in [-0.39, 0.29) is 0 Å². The lowest BCUT2D eigenvalue weighted by Gasteiger charge is -2.31. The van der Waals surface area contributed by atoms with Crippen molar-refractivity contribution in [1.29, 1.82) is 0 Å². The summed E-state index contributed by atoms with van der Waals surface area (Å²) in [5.74, 6) is 2.30. The number of aryl methyl sites for hydroxylation is 1. The number of benzene rings is 1. The monoisotopic (exact) mass is 311 g/mol. The molecular weight excluding hydrogens is 286 g/mol. The van der Waals surface area contributed by atoms with Crippen molar-refractivity contribution in [1.82, 2.24) is 15.2 Å². The van der Waals surface area contributed by atoms with Gasteiger partial charge in [-0.3, -0.25) is 0 Å². The molecule has 0 radical (unpaired) electrons. The lowest BCUT2D eigenvalue weighted by atomic mass is 10.0. The first-order valence-electron chi connectivity index (χ1n) is 8.54. The molecule has 0 spiro atoms. The largest absolute Gasteiger partial charge is 0.355 e. The molecule has 0 amide bonds. The fraction of sp³-hybridized carbons (Fsp3) is 0.500. The van der Waals surface area contributed by atoms with Crippen LogP contribution in [0.5, 0.6) is 0 Å². The first kappa shape index (κ1) is 15.7. The van der Waals surface area contributed by atoms with Crippen molar-refractivity contribution in [2.45, 2.75) is 32.6 Å². The Morgan fingerprint density at radius 3 is 2.96 bits per heavy atom. The minimum Gasteiger partial charge on any atom is -0.355 e. The second kappa shape index (κ2) is 7.90. The number of aromatic nitrogens is 3. The third kappa shape index (κ3) is 4.65. The van der Waals surface area contributed by atoms with Crippen molar-refractivity contribution in [3.8, 4) is 0 Å². The molecule has 1 atom stereocenters. The molecule has 0 aliphatic carbocycles. The fourth-order valence-corrected chi connectivity index (χ4v) is 3.06. The van der Waals surface area contributed by atoms with Crippen molar-refractivity contribution >= 4 is 11.8 Å². The molecule has 2 aromatic rings. The highest BCUT2D eigenvalue weighted by atomic mass is 15.3. The zero-order chi connectivity index (χ0) is 15.9. The quantitative estimate of drug-likeness (QED) is 0.831. The lowest BCUT2D eigenvalue weighted by molar-refractivity contribution is 0.444. The molecule has 1 aromatic heterocycles. The van der Waals surface area contributed by atoms with Crippen LogP contribution in [0.2, 0.25) is 0 Å².